The molecule has 1 atom stereocenters. The van der Waals surface area contributed by atoms with Crippen molar-refractivity contribution in [3.63, 3.8) is 0 Å². The minimum absolute atomic E-state index is 0.328. The van der Waals surface area contributed by atoms with Gasteiger partial charge in [-0.1, -0.05) is 61.9 Å². The summed E-state index contributed by atoms with van der Waals surface area (Å²) in [5.41, 5.74) is 14.8. The standard InChI is InChI=1S/C23H25N3/c1-16-8-10-17(11-9-16)22-20-6-4-2-3-5-7-21(20)23(26-25-22)18-12-14-19(24)15-13-18/h6,8-15,21,25H,1-5,7,24H2/b20-6+. The summed E-state index contributed by atoms with van der Waals surface area (Å²) in [5, 5.41) is 7.00. The van der Waals surface area contributed by atoms with Crippen molar-refractivity contribution in [3.05, 3.63) is 76.2 Å². The lowest BCUT2D eigenvalue weighted by molar-refractivity contribution is 0.576. The molecule has 3 N–H and O–H groups in total. The first-order chi connectivity index (χ1) is 12.7. The maximum atomic E-state index is 5.87. The Balaban J connectivity index is 1.85. The molecule has 132 valence electrons. The molecule has 0 spiro atoms. The summed E-state index contributed by atoms with van der Waals surface area (Å²) >= 11 is 0. The maximum absolute atomic E-state index is 5.87. The topological polar surface area (TPSA) is 50.4 Å². The van der Waals surface area contributed by atoms with Crippen molar-refractivity contribution in [1.82, 2.24) is 5.43 Å². The van der Waals surface area contributed by atoms with E-state index in [1.165, 1.54) is 30.1 Å². The SMILES string of the molecule is C=c1ccc(=C2NN=C(c3ccc(N)cc3)C3CCCCC/C=C/23)cc1. The zero-order chi connectivity index (χ0) is 17.9. The van der Waals surface area contributed by atoms with Crippen LogP contribution in [0.3, 0.4) is 0 Å². The minimum Gasteiger partial charge on any atom is -0.399 e. The Hall–Kier alpha value is -2.81. The van der Waals surface area contributed by atoms with E-state index in [2.05, 4.69) is 54.5 Å². The van der Waals surface area contributed by atoms with Crippen LogP contribution in [0.2, 0.25) is 0 Å². The zero-order valence-electron chi connectivity index (χ0n) is 15.0. The molecular formula is C23H25N3. The van der Waals surface area contributed by atoms with E-state index >= 15 is 0 Å². The molecule has 3 heteroatoms. The summed E-state index contributed by atoms with van der Waals surface area (Å²) in [6, 6.07) is 16.4. The summed E-state index contributed by atoms with van der Waals surface area (Å²) in [6.45, 7) is 3.99. The van der Waals surface area contributed by atoms with E-state index in [4.69, 9.17) is 10.8 Å². The number of benzene rings is 2. The van der Waals surface area contributed by atoms with Gasteiger partial charge in [0.2, 0.25) is 0 Å². The summed E-state index contributed by atoms with van der Waals surface area (Å²) in [6.07, 6.45) is 8.45. The molecule has 2 aromatic carbocycles. The number of anilines is 1. The monoisotopic (exact) mass is 343 g/mol. The molecule has 0 radical (unpaired) electrons. The van der Waals surface area contributed by atoms with Gasteiger partial charge < -0.3 is 5.73 Å². The molecule has 0 fully saturated rings. The predicted octanol–water partition coefficient (Wildman–Crippen LogP) is 3.30. The van der Waals surface area contributed by atoms with Crippen LogP contribution in [0.25, 0.3) is 12.3 Å². The van der Waals surface area contributed by atoms with Gasteiger partial charge in [-0.25, -0.2) is 0 Å². The van der Waals surface area contributed by atoms with Crippen molar-refractivity contribution in [1.29, 1.82) is 0 Å². The van der Waals surface area contributed by atoms with E-state index in [-0.39, 0.29) is 0 Å². The minimum atomic E-state index is 0.328. The number of nitrogen functional groups attached to an aromatic ring is 1. The van der Waals surface area contributed by atoms with Gasteiger partial charge in [-0.15, -0.1) is 0 Å². The fourth-order valence-corrected chi connectivity index (χ4v) is 3.87. The molecule has 0 saturated carbocycles. The average Bonchev–Trinajstić information content (AvgIpc) is 2.63. The number of allylic oxidation sites excluding steroid dienone is 1. The van der Waals surface area contributed by atoms with Crippen LogP contribution in [-0.4, -0.2) is 5.71 Å². The molecule has 1 heterocycles. The first-order valence-electron chi connectivity index (χ1n) is 9.41. The summed E-state index contributed by atoms with van der Waals surface area (Å²) in [4.78, 5) is 0. The molecule has 3 nitrogen and oxygen atoms in total. The Morgan fingerprint density at radius 2 is 1.73 bits per heavy atom. The highest BCUT2D eigenvalue weighted by atomic mass is 15.3. The van der Waals surface area contributed by atoms with E-state index in [0.717, 1.165) is 40.7 Å². The van der Waals surface area contributed by atoms with Gasteiger partial charge in [0.05, 0.1) is 11.4 Å². The lowest BCUT2D eigenvalue weighted by atomic mass is 9.80. The smallest absolute Gasteiger partial charge is 0.0754 e. The number of rotatable bonds is 1. The second-order valence-corrected chi connectivity index (χ2v) is 7.15. The third-order valence-electron chi connectivity index (χ3n) is 5.29. The van der Waals surface area contributed by atoms with Crippen LogP contribution in [0, 0.1) is 5.92 Å². The second kappa shape index (κ2) is 7.20. The highest BCUT2D eigenvalue weighted by Gasteiger charge is 2.29. The number of fused-ring (bicyclic) bond motifs is 1. The van der Waals surface area contributed by atoms with Gasteiger partial charge in [-0.3, -0.25) is 5.43 Å². The van der Waals surface area contributed by atoms with Crippen molar-refractivity contribution < 1.29 is 0 Å². The number of hydrazone groups is 1. The second-order valence-electron chi connectivity index (χ2n) is 7.15. The fraction of sp³-hybridized carbons (Fsp3) is 0.261. The Kier molecular flexibility index (Phi) is 4.61. The van der Waals surface area contributed by atoms with Crippen molar-refractivity contribution in [2.24, 2.45) is 11.0 Å². The van der Waals surface area contributed by atoms with E-state index in [1.54, 1.807) is 0 Å². The van der Waals surface area contributed by atoms with Crippen LogP contribution >= 0.6 is 0 Å². The third kappa shape index (κ3) is 3.30. The van der Waals surface area contributed by atoms with Crippen molar-refractivity contribution in [2.45, 2.75) is 32.1 Å². The molecule has 0 saturated heterocycles. The third-order valence-corrected chi connectivity index (χ3v) is 5.29. The largest absolute Gasteiger partial charge is 0.399 e. The molecule has 0 aromatic heterocycles. The molecule has 26 heavy (non-hydrogen) atoms. The molecule has 2 aliphatic rings. The van der Waals surface area contributed by atoms with E-state index < -0.39 is 0 Å². The average molecular weight is 343 g/mol. The summed E-state index contributed by atoms with van der Waals surface area (Å²) in [5.74, 6) is 0.328. The summed E-state index contributed by atoms with van der Waals surface area (Å²) in [7, 11) is 0. The molecule has 1 aliphatic heterocycles. The number of nitrogens with one attached hydrogen (secondary N) is 1. The lowest BCUT2D eigenvalue weighted by Crippen LogP contribution is -2.33. The summed E-state index contributed by atoms with van der Waals surface area (Å²) < 4.78 is 0. The van der Waals surface area contributed by atoms with Gasteiger partial charge in [0.25, 0.3) is 0 Å². The normalized spacial score (nSPS) is 22.2. The number of hydrogen-bond donors (Lipinski definition) is 2. The van der Waals surface area contributed by atoms with Crippen molar-refractivity contribution >= 4 is 23.7 Å². The van der Waals surface area contributed by atoms with Gasteiger partial charge >= 0.3 is 0 Å². The van der Waals surface area contributed by atoms with Crippen LogP contribution in [0.1, 0.15) is 37.7 Å². The predicted molar refractivity (Wildman–Crippen MR) is 110 cm³/mol. The molecule has 0 bridgehead atoms. The van der Waals surface area contributed by atoms with Crippen molar-refractivity contribution in [3.8, 4) is 0 Å². The molecule has 0 amide bonds. The Labute approximate surface area is 154 Å². The highest BCUT2D eigenvalue weighted by Crippen LogP contribution is 2.33. The molecule has 1 aliphatic carbocycles. The Morgan fingerprint density at radius 3 is 2.50 bits per heavy atom. The number of nitrogens with zero attached hydrogens (tertiary/aromatic N) is 1. The zero-order valence-corrected chi connectivity index (χ0v) is 15.0. The van der Waals surface area contributed by atoms with Crippen LogP contribution in [0.5, 0.6) is 0 Å². The first-order valence-corrected chi connectivity index (χ1v) is 9.41. The Morgan fingerprint density at radius 1 is 0.962 bits per heavy atom. The Bertz CT molecular complexity index is 944. The van der Waals surface area contributed by atoms with Crippen LogP contribution in [-0.2, 0) is 0 Å². The van der Waals surface area contributed by atoms with Crippen LogP contribution in [0.15, 0.2) is 65.3 Å². The highest BCUT2D eigenvalue weighted by molar-refractivity contribution is 6.06. The van der Waals surface area contributed by atoms with Crippen LogP contribution in [0.4, 0.5) is 5.69 Å². The van der Waals surface area contributed by atoms with Gasteiger partial charge in [0, 0.05) is 11.6 Å². The van der Waals surface area contributed by atoms with Gasteiger partial charge in [-0.05, 0) is 53.0 Å². The van der Waals surface area contributed by atoms with E-state index in [9.17, 15) is 0 Å². The molecule has 1 unspecified atom stereocenters. The lowest BCUT2D eigenvalue weighted by Gasteiger charge is -2.30. The van der Waals surface area contributed by atoms with Gasteiger partial charge in [0.15, 0.2) is 0 Å². The molecule has 2 aromatic rings. The fourth-order valence-electron chi connectivity index (χ4n) is 3.87. The maximum Gasteiger partial charge on any atom is 0.0754 e. The number of hydrogen-bond acceptors (Lipinski definition) is 3. The van der Waals surface area contributed by atoms with E-state index in [1.807, 2.05) is 12.1 Å². The van der Waals surface area contributed by atoms with Gasteiger partial charge in [-0.2, -0.15) is 5.10 Å². The first kappa shape index (κ1) is 16.6. The quantitative estimate of drug-likeness (QED) is 0.781. The van der Waals surface area contributed by atoms with Gasteiger partial charge in [0.1, 0.15) is 0 Å². The van der Waals surface area contributed by atoms with Crippen LogP contribution < -0.4 is 21.6 Å². The molecular weight excluding hydrogens is 318 g/mol. The number of nitrogens with two attached hydrogens (primary N) is 1. The van der Waals surface area contributed by atoms with Crippen molar-refractivity contribution in [2.75, 3.05) is 5.73 Å². The van der Waals surface area contributed by atoms with E-state index in [0.29, 0.717) is 5.92 Å². The molecule has 4 rings (SSSR count).